The first kappa shape index (κ1) is 14.8. The zero-order valence-electron chi connectivity index (χ0n) is 14.4. The summed E-state index contributed by atoms with van der Waals surface area (Å²) in [6.07, 6.45) is 5.86. The molecule has 1 saturated heterocycles. The topological polar surface area (TPSA) is 60.9 Å². The maximum Gasteiger partial charge on any atom is 0.137 e. The van der Waals surface area contributed by atoms with Gasteiger partial charge in [0.25, 0.3) is 0 Å². The predicted molar refractivity (Wildman–Crippen MR) is 97.8 cm³/mol. The fourth-order valence-electron chi connectivity index (χ4n) is 3.88. The zero-order chi connectivity index (χ0) is 16.9. The second-order valence-electron chi connectivity index (χ2n) is 7.31. The van der Waals surface area contributed by atoms with Gasteiger partial charge in [-0.15, -0.1) is 0 Å². The van der Waals surface area contributed by atoms with E-state index in [9.17, 15) is 0 Å². The standard InChI is InChI=1S/C19H22N6/c1-24-6-8-25(9-7-24)16-11-14-10-15(2-3-17(14)20-12-16)19(4-5-19)18-21-13-22-23-18/h2-3,10-13H,4-9H2,1H3,(H,21,22,23). The number of benzene rings is 1. The Hall–Kier alpha value is -2.47. The molecule has 1 aromatic carbocycles. The van der Waals surface area contributed by atoms with E-state index in [0.717, 1.165) is 50.4 Å². The van der Waals surface area contributed by atoms with Crippen LogP contribution in [0, 0.1) is 0 Å². The van der Waals surface area contributed by atoms with Gasteiger partial charge in [-0.3, -0.25) is 10.1 Å². The Morgan fingerprint density at radius 1 is 1.04 bits per heavy atom. The van der Waals surface area contributed by atoms with Crippen LogP contribution in [0.5, 0.6) is 0 Å². The van der Waals surface area contributed by atoms with Crippen molar-refractivity contribution in [3.05, 3.63) is 48.2 Å². The van der Waals surface area contributed by atoms with Crippen molar-refractivity contribution in [2.75, 3.05) is 38.1 Å². The normalized spacial score (nSPS) is 20.1. The van der Waals surface area contributed by atoms with Gasteiger partial charge in [0.05, 0.1) is 22.8 Å². The molecule has 0 radical (unpaired) electrons. The second kappa shape index (κ2) is 5.52. The summed E-state index contributed by atoms with van der Waals surface area (Å²) in [6.45, 7) is 4.33. The van der Waals surface area contributed by atoms with E-state index in [1.807, 2.05) is 6.20 Å². The Kier molecular flexibility index (Phi) is 3.28. The first-order valence-corrected chi connectivity index (χ1v) is 8.94. The molecular formula is C19H22N6. The quantitative estimate of drug-likeness (QED) is 0.795. The molecule has 5 rings (SSSR count). The van der Waals surface area contributed by atoms with Gasteiger partial charge in [-0.1, -0.05) is 6.07 Å². The van der Waals surface area contributed by atoms with Gasteiger partial charge < -0.3 is 9.80 Å². The number of aromatic amines is 1. The number of likely N-dealkylation sites (N-methyl/N-ethyl adjacent to an activating group) is 1. The van der Waals surface area contributed by atoms with Crippen LogP contribution < -0.4 is 4.90 Å². The van der Waals surface area contributed by atoms with Crippen LogP contribution in [-0.4, -0.2) is 58.3 Å². The van der Waals surface area contributed by atoms with Crippen LogP contribution in [0.4, 0.5) is 5.69 Å². The smallest absolute Gasteiger partial charge is 0.137 e. The molecule has 0 unspecified atom stereocenters. The maximum atomic E-state index is 4.69. The molecule has 0 atom stereocenters. The molecule has 2 aliphatic rings. The lowest BCUT2D eigenvalue weighted by molar-refractivity contribution is 0.313. The maximum absolute atomic E-state index is 4.69. The lowest BCUT2D eigenvalue weighted by atomic mass is 9.93. The second-order valence-corrected chi connectivity index (χ2v) is 7.31. The first-order chi connectivity index (χ1) is 12.2. The molecule has 1 saturated carbocycles. The number of piperazine rings is 1. The van der Waals surface area contributed by atoms with Crippen LogP contribution in [0.15, 0.2) is 36.8 Å². The molecule has 0 amide bonds. The SMILES string of the molecule is CN1CCN(c2cnc3ccc(C4(c5ncn[nH]5)CC4)cc3c2)CC1. The summed E-state index contributed by atoms with van der Waals surface area (Å²) in [6, 6.07) is 8.90. The minimum Gasteiger partial charge on any atom is -0.368 e. The van der Waals surface area contributed by atoms with Crippen molar-refractivity contribution in [1.29, 1.82) is 0 Å². The third kappa shape index (κ3) is 2.48. The molecular weight excluding hydrogens is 312 g/mol. The summed E-state index contributed by atoms with van der Waals surface area (Å²) in [5.41, 5.74) is 3.61. The molecule has 3 aromatic rings. The molecule has 1 aliphatic carbocycles. The number of nitrogens with zero attached hydrogens (tertiary/aromatic N) is 5. The van der Waals surface area contributed by atoms with Crippen LogP contribution >= 0.6 is 0 Å². The summed E-state index contributed by atoms with van der Waals surface area (Å²) in [4.78, 5) is 13.9. The van der Waals surface area contributed by atoms with Gasteiger partial charge in [-0.2, -0.15) is 5.10 Å². The van der Waals surface area contributed by atoms with E-state index in [0.29, 0.717) is 0 Å². The summed E-state index contributed by atoms with van der Waals surface area (Å²) < 4.78 is 0. The highest BCUT2D eigenvalue weighted by molar-refractivity contribution is 5.83. The molecule has 25 heavy (non-hydrogen) atoms. The van der Waals surface area contributed by atoms with Crippen LogP contribution in [0.2, 0.25) is 0 Å². The van der Waals surface area contributed by atoms with E-state index < -0.39 is 0 Å². The number of aromatic nitrogens is 4. The summed E-state index contributed by atoms with van der Waals surface area (Å²) in [7, 11) is 2.18. The number of pyridine rings is 1. The molecule has 1 aliphatic heterocycles. The van der Waals surface area contributed by atoms with E-state index >= 15 is 0 Å². The average Bonchev–Trinajstić information content (AvgIpc) is 3.27. The zero-order valence-corrected chi connectivity index (χ0v) is 14.4. The van der Waals surface area contributed by atoms with Crippen molar-refractivity contribution in [3.63, 3.8) is 0 Å². The molecule has 2 fully saturated rings. The molecule has 1 N–H and O–H groups in total. The number of hydrogen-bond donors (Lipinski definition) is 1. The van der Waals surface area contributed by atoms with Gasteiger partial charge >= 0.3 is 0 Å². The van der Waals surface area contributed by atoms with Crippen molar-refractivity contribution >= 4 is 16.6 Å². The highest BCUT2D eigenvalue weighted by Gasteiger charge is 2.48. The monoisotopic (exact) mass is 334 g/mol. The Bertz CT molecular complexity index is 891. The van der Waals surface area contributed by atoms with Gasteiger partial charge in [-0.25, -0.2) is 4.98 Å². The predicted octanol–water partition coefficient (Wildman–Crippen LogP) is 2.18. The average molecular weight is 334 g/mol. The van der Waals surface area contributed by atoms with E-state index in [-0.39, 0.29) is 5.41 Å². The van der Waals surface area contributed by atoms with Gasteiger partial charge in [0.15, 0.2) is 0 Å². The summed E-state index contributed by atoms with van der Waals surface area (Å²) in [5.74, 6) is 0.982. The fraction of sp³-hybridized carbons (Fsp3) is 0.421. The highest BCUT2D eigenvalue weighted by atomic mass is 15.2. The largest absolute Gasteiger partial charge is 0.368 e. The third-order valence-corrected chi connectivity index (χ3v) is 5.71. The molecule has 3 heterocycles. The van der Waals surface area contributed by atoms with Gasteiger partial charge in [-0.05, 0) is 43.7 Å². The number of fused-ring (bicyclic) bond motifs is 1. The lowest BCUT2D eigenvalue weighted by Gasteiger charge is -2.33. The van der Waals surface area contributed by atoms with Crippen LogP contribution in [0.25, 0.3) is 10.9 Å². The molecule has 6 heteroatoms. The first-order valence-electron chi connectivity index (χ1n) is 8.94. The van der Waals surface area contributed by atoms with Crippen LogP contribution in [0.3, 0.4) is 0 Å². The number of anilines is 1. The Morgan fingerprint density at radius 2 is 1.88 bits per heavy atom. The van der Waals surface area contributed by atoms with E-state index in [4.69, 9.17) is 4.98 Å². The van der Waals surface area contributed by atoms with Gasteiger partial charge in [0.2, 0.25) is 0 Å². The highest BCUT2D eigenvalue weighted by Crippen LogP contribution is 2.52. The number of hydrogen-bond acceptors (Lipinski definition) is 5. The van der Waals surface area contributed by atoms with E-state index in [2.05, 4.69) is 56.3 Å². The van der Waals surface area contributed by atoms with E-state index in [1.54, 1.807) is 6.33 Å². The molecule has 0 spiro atoms. The van der Waals surface area contributed by atoms with Crippen molar-refractivity contribution < 1.29 is 0 Å². The van der Waals surface area contributed by atoms with Gasteiger partial charge in [0.1, 0.15) is 12.2 Å². The lowest BCUT2D eigenvalue weighted by Crippen LogP contribution is -2.44. The Morgan fingerprint density at radius 3 is 2.60 bits per heavy atom. The fourth-order valence-corrected chi connectivity index (χ4v) is 3.88. The van der Waals surface area contributed by atoms with Crippen LogP contribution in [0.1, 0.15) is 24.2 Å². The Balaban J connectivity index is 1.51. The van der Waals surface area contributed by atoms with Crippen molar-refractivity contribution in [2.45, 2.75) is 18.3 Å². The number of rotatable bonds is 3. The van der Waals surface area contributed by atoms with Crippen LogP contribution in [-0.2, 0) is 5.41 Å². The van der Waals surface area contributed by atoms with Gasteiger partial charge in [0, 0.05) is 31.6 Å². The third-order valence-electron chi connectivity index (χ3n) is 5.71. The number of H-pyrrole nitrogens is 1. The van der Waals surface area contributed by atoms with Crippen molar-refractivity contribution in [3.8, 4) is 0 Å². The minimum atomic E-state index is 0.0224. The molecule has 128 valence electrons. The molecule has 2 aromatic heterocycles. The minimum absolute atomic E-state index is 0.0224. The number of nitrogens with one attached hydrogen (secondary N) is 1. The summed E-state index contributed by atoms with van der Waals surface area (Å²) >= 11 is 0. The molecule has 0 bridgehead atoms. The van der Waals surface area contributed by atoms with E-state index in [1.165, 1.54) is 16.6 Å². The Labute approximate surface area is 146 Å². The molecule has 6 nitrogen and oxygen atoms in total. The van der Waals surface area contributed by atoms with Crippen molar-refractivity contribution in [1.82, 2.24) is 25.1 Å². The van der Waals surface area contributed by atoms with Crippen molar-refractivity contribution in [2.24, 2.45) is 0 Å². The summed E-state index contributed by atoms with van der Waals surface area (Å²) in [5, 5.41) is 8.31.